The van der Waals surface area contributed by atoms with E-state index in [2.05, 4.69) is 10.3 Å². The molecule has 0 radical (unpaired) electrons. The Labute approximate surface area is 238 Å². The van der Waals surface area contributed by atoms with Gasteiger partial charge in [0.2, 0.25) is 5.91 Å². The highest BCUT2D eigenvalue weighted by atomic mass is 19.4. The zero-order valence-corrected chi connectivity index (χ0v) is 22.6. The molecule has 224 valence electrons. The van der Waals surface area contributed by atoms with Crippen LogP contribution in [0.15, 0.2) is 72.9 Å². The van der Waals surface area contributed by atoms with Crippen molar-refractivity contribution in [1.82, 2.24) is 10.3 Å². The van der Waals surface area contributed by atoms with E-state index in [1.807, 2.05) is 0 Å². The first-order chi connectivity index (χ1) is 19.7. The van der Waals surface area contributed by atoms with Crippen molar-refractivity contribution in [3.05, 3.63) is 101 Å². The first kappa shape index (κ1) is 31.2. The highest BCUT2D eigenvalue weighted by Crippen LogP contribution is 2.42. The molecule has 0 saturated carbocycles. The van der Waals surface area contributed by atoms with Crippen LogP contribution in [0.2, 0.25) is 0 Å². The average molecular weight is 594 g/mol. The summed E-state index contributed by atoms with van der Waals surface area (Å²) in [6, 6.07) is 15.1. The fourth-order valence-electron chi connectivity index (χ4n) is 5.13. The van der Waals surface area contributed by atoms with Crippen LogP contribution in [0.25, 0.3) is 0 Å². The molecule has 1 amide bonds. The number of piperidine rings is 1. The predicted octanol–water partition coefficient (Wildman–Crippen LogP) is 6.22. The molecule has 3 N–H and O–H groups in total. The number of nitrogens with one attached hydrogen (secondary N) is 1. The Balaban J connectivity index is 1.59. The third-order valence-electron chi connectivity index (χ3n) is 7.75. The van der Waals surface area contributed by atoms with Crippen LogP contribution in [-0.2, 0) is 27.4 Å². The van der Waals surface area contributed by atoms with Crippen LogP contribution in [0, 0.1) is 5.41 Å². The van der Waals surface area contributed by atoms with Gasteiger partial charge in [0.1, 0.15) is 5.69 Å². The topological polar surface area (TPSA) is 94.3 Å². The van der Waals surface area contributed by atoms with Crippen molar-refractivity contribution in [1.29, 1.82) is 0 Å². The Morgan fingerprint density at radius 2 is 1.57 bits per heavy atom. The number of Topliss-reactive ketones (excluding diaryl/α,β-unsaturated/α-hetero) is 1. The van der Waals surface area contributed by atoms with Crippen LogP contribution in [0.3, 0.4) is 0 Å². The zero-order valence-electron chi connectivity index (χ0n) is 22.6. The van der Waals surface area contributed by atoms with E-state index >= 15 is 0 Å². The maximum absolute atomic E-state index is 13.4. The summed E-state index contributed by atoms with van der Waals surface area (Å²) in [5, 5.41) is 3.30. The molecular formula is C30H29F6N3O3. The minimum Gasteiger partial charge on any atom is -0.372 e. The van der Waals surface area contributed by atoms with E-state index in [1.54, 1.807) is 42.5 Å². The van der Waals surface area contributed by atoms with Crippen LogP contribution < -0.4 is 11.1 Å². The second kappa shape index (κ2) is 11.8. The van der Waals surface area contributed by atoms with Gasteiger partial charge < -0.3 is 15.8 Å². The molecule has 3 atom stereocenters. The largest absolute Gasteiger partial charge is 0.416 e. The normalized spacial score (nSPS) is 22.0. The number of nitrogens with zero attached hydrogens (tertiary/aromatic N) is 1. The predicted molar refractivity (Wildman–Crippen MR) is 141 cm³/mol. The van der Waals surface area contributed by atoms with E-state index in [4.69, 9.17) is 10.5 Å². The Kier molecular flexibility index (Phi) is 8.79. The van der Waals surface area contributed by atoms with E-state index in [0.717, 1.165) is 5.56 Å². The number of nitrogens with two attached hydrogens (primary N) is 1. The SMILES string of the molecule is C[C@@H](OC[C@@]1(c2ccccc2)CC[C@@](CC(=O)c2ccccn2)(C(N)=O)CN1)c1cc(C(F)(F)F)cc(C(F)(F)F)c1. The van der Waals surface area contributed by atoms with Gasteiger partial charge >= 0.3 is 12.4 Å². The van der Waals surface area contributed by atoms with Crippen LogP contribution in [0.1, 0.15) is 65.0 Å². The zero-order chi connectivity index (χ0) is 30.8. The number of carbonyl (C=O) groups excluding carboxylic acids is 2. The molecule has 0 bridgehead atoms. The molecule has 2 aromatic carbocycles. The fraction of sp³-hybridized carbons (Fsp3) is 0.367. The van der Waals surface area contributed by atoms with Gasteiger partial charge in [0, 0.05) is 19.2 Å². The Hall–Kier alpha value is -3.77. The van der Waals surface area contributed by atoms with Gasteiger partial charge in [-0.2, -0.15) is 26.3 Å². The molecule has 0 unspecified atom stereocenters. The summed E-state index contributed by atoms with van der Waals surface area (Å²) in [5.74, 6) is -1.04. The van der Waals surface area contributed by atoms with Gasteiger partial charge in [-0.05, 0) is 61.2 Å². The number of ketones is 1. The lowest BCUT2D eigenvalue weighted by Gasteiger charge is -2.46. The summed E-state index contributed by atoms with van der Waals surface area (Å²) in [6.07, 6.45) is -9.46. The smallest absolute Gasteiger partial charge is 0.372 e. The number of amides is 1. The monoisotopic (exact) mass is 593 g/mol. The second-order valence-corrected chi connectivity index (χ2v) is 10.6. The molecule has 1 aliphatic heterocycles. The summed E-state index contributed by atoms with van der Waals surface area (Å²) in [5.41, 5.74) is 1.33. The number of alkyl halides is 6. The van der Waals surface area contributed by atoms with E-state index in [0.29, 0.717) is 12.1 Å². The first-order valence-electron chi connectivity index (χ1n) is 13.1. The quantitative estimate of drug-likeness (QED) is 0.227. The van der Waals surface area contributed by atoms with E-state index in [1.165, 1.54) is 19.2 Å². The van der Waals surface area contributed by atoms with Gasteiger partial charge in [-0.25, -0.2) is 0 Å². The van der Waals surface area contributed by atoms with Crippen molar-refractivity contribution in [2.45, 2.75) is 50.2 Å². The van der Waals surface area contributed by atoms with Gasteiger partial charge in [-0.15, -0.1) is 0 Å². The number of hydrogen-bond acceptors (Lipinski definition) is 5. The molecular weight excluding hydrogens is 564 g/mol. The molecule has 1 aliphatic rings. The molecule has 12 heteroatoms. The molecule has 42 heavy (non-hydrogen) atoms. The Bertz CT molecular complexity index is 1370. The van der Waals surface area contributed by atoms with Crippen LogP contribution >= 0.6 is 0 Å². The number of ether oxygens (including phenoxy) is 1. The third-order valence-corrected chi connectivity index (χ3v) is 7.75. The lowest BCUT2D eigenvalue weighted by atomic mass is 9.69. The molecule has 6 nitrogen and oxygen atoms in total. The van der Waals surface area contributed by atoms with Gasteiger partial charge in [0.05, 0.1) is 34.8 Å². The van der Waals surface area contributed by atoms with Crippen molar-refractivity contribution in [3.8, 4) is 0 Å². The average Bonchev–Trinajstić information content (AvgIpc) is 2.96. The highest BCUT2D eigenvalue weighted by molar-refractivity contribution is 5.98. The second-order valence-electron chi connectivity index (χ2n) is 10.6. The number of carbonyl (C=O) groups is 2. The van der Waals surface area contributed by atoms with E-state index < -0.39 is 46.4 Å². The summed E-state index contributed by atoms with van der Waals surface area (Å²) in [4.78, 5) is 29.6. The minimum atomic E-state index is -4.99. The molecule has 2 heterocycles. The van der Waals surface area contributed by atoms with Crippen molar-refractivity contribution in [2.24, 2.45) is 11.1 Å². The molecule has 1 aromatic heterocycles. The van der Waals surface area contributed by atoms with E-state index in [-0.39, 0.29) is 55.5 Å². The molecule has 4 rings (SSSR count). The Morgan fingerprint density at radius 1 is 0.952 bits per heavy atom. The molecule has 0 aliphatic carbocycles. The van der Waals surface area contributed by atoms with E-state index in [9.17, 15) is 35.9 Å². The molecule has 1 saturated heterocycles. The lowest BCUT2D eigenvalue weighted by Crippen LogP contribution is -2.59. The first-order valence-corrected chi connectivity index (χ1v) is 13.1. The minimum absolute atomic E-state index is 0.0185. The van der Waals surface area contributed by atoms with Crippen molar-refractivity contribution < 1.29 is 40.7 Å². The van der Waals surface area contributed by atoms with Crippen molar-refractivity contribution in [3.63, 3.8) is 0 Å². The highest BCUT2D eigenvalue weighted by Gasteiger charge is 2.48. The molecule has 1 fully saturated rings. The van der Waals surface area contributed by atoms with Gasteiger partial charge in [0.25, 0.3) is 0 Å². The summed E-state index contributed by atoms with van der Waals surface area (Å²) in [6.45, 7) is 1.20. The Morgan fingerprint density at radius 3 is 2.07 bits per heavy atom. The fourth-order valence-corrected chi connectivity index (χ4v) is 5.13. The maximum atomic E-state index is 13.4. The lowest BCUT2D eigenvalue weighted by molar-refractivity contribution is -0.143. The number of halogens is 6. The van der Waals surface area contributed by atoms with Gasteiger partial charge in [-0.1, -0.05) is 36.4 Å². The standard InChI is InChI=1S/C30H29F6N3O3/c1-19(20-13-22(29(31,32)33)15-23(14-20)30(34,35)36)42-18-28(21-7-3-2-4-8-21)11-10-27(17-39-28,26(37)41)16-25(40)24-9-5-6-12-38-24/h2-9,12-15,19,39H,10-11,16-18H2,1H3,(H2,37,41)/t19-,27+,28-/m1/s1. The number of hydrogen-bond donors (Lipinski definition) is 2. The number of pyridine rings is 1. The summed E-state index contributed by atoms with van der Waals surface area (Å²) < 4.78 is 86.4. The van der Waals surface area contributed by atoms with Crippen LogP contribution in [0.5, 0.6) is 0 Å². The summed E-state index contributed by atoms with van der Waals surface area (Å²) in [7, 11) is 0. The van der Waals surface area contributed by atoms with Crippen LogP contribution in [-0.4, -0.2) is 29.8 Å². The van der Waals surface area contributed by atoms with Gasteiger partial charge in [0.15, 0.2) is 5.78 Å². The maximum Gasteiger partial charge on any atom is 0.416 e. The number of aromatic nitrogens is 1. The van der Waals surface area contributed by atoms with Crippen molar-refractivity contribution in [2.75, 3.05) is 13.2 Å². The number of rotatable bonds is 9. The van der Waals surface area contributed by atoms with Gasteiger partial charge in [-0.3, -0.25) is 14.6 Å². The summed E-state index contributed by atoms with van der Waals surface area (Å²) >= 11 is 0. The van der Waals surface area contributed by atoms with Crippen LogP contribution in [0.4, 0.5) is 26.3 Å². The number of benzene rings is 2. The molecule has 0 spiro atoms. The molecule has 3 aromatic rings. The number of primary amides is 1. The van der Waals surface area contributed by atoms with Crippen molar-refractivity contribution >= 4 is 11.7 Å². The third kappa shape index (κ3) is 6.81.